The Balaban J connectivity index is 1.58. The largest absolute Gasteiger partial charge is 0.481 e. The molecule has 1 aliphatic carbocycles. The van der Waals surface area contributed by atoms with E-state index in [0.717, 1.165) is 19.3 Å². The first kappa shape index (κ1) is 19.1. The number of fused-ring (bicyclic) bond motifs is 2. The molecule has 0 unspecified atom stereocenters. The van der Waals surface area contributed by atoms with Gasteiger partial charge < -0.3 is 19.3 Å². The minimum atomic E-state index is -1.03. The number of carboxylic acids is 1. The van der Waals surface area contributed by atoms with Gasteiger partial charge in [0.25, 0.3) is 0 Å². The standard InChI is InChI=1S/C19H28O8/c1-10-4-5-13-11(2)16(23-15(22)7-6-14(20)21)24-17-19(13)12(10)8-9-18(3,25-17)26-27-19/h10-13,16-17H,4-9H2,1-3H3,(H,20,21)/t10-,11+,12-,13+,16+,17-,18+,19-/m1/s1. The van der Waals surface area contributed by atoms with Crippen LogP contribution in [0, 0.1) is 23.7 Å². The highest BCUT2D eigenvalue weighted by Crippen LogP contribution is 2.60. The van der Waals surface area contributed by atoms with Crippen LogP contribution in [-0.2, 0) is 33.6 Å². The summed E-state index contributed by atoms with van der Waals surface area (Å²) in [5, 5.41) is 8.76. The van der Waals surface area contributed by atoms with Gasteiger partial charge in [-0.2, -0.15) is 0 Å². The Morgan fingerprint density at radius 3 is 2.63 bits per heavy atom. The quantitative estimate of drug-likeness (QED) is 0.583. The van der Waals surface area contributed by atoms with Crippen molar-refractivity contribution in [1.29, 1.82) is 0 Å². The van der Waals surface area contributed by atoms with E-state index in [1.807, 2.05) is 13.8 Å². The van der Waals surface area contributed by atoms with Gasteiger partial charge in [0.05, 0.1) is 12.8 Å². The predicted octanol–water partition coefficient (Wildman–Crippen LogP) is 2.60. The second-order valence-electron chi connectivity index (χ2n) is 8.66. The Morgan fingerprint density at radius 2 is 1.89 bits per heavy atom. The molecular weight excluding hydrogens is 356 g/mol. The molecule has 0 aromatic heterocycles. The molecule has 1 N–H and O–H groups in total. The van der Waals surface area contributed by atoms with Crippen molar-refractivity contribution in [3.8, 4) is 0 Å². The first-order valence-corrected chi connectivity index (χ1v) is 9.86. The van der Waals surface area contributed by atoms with E-state index in [1.165, 1.54) is 0 Å². The summed E-state index contributed by atoms with van der Waals surface area (Å²) in [5.74, 6) is -1.82. The Hall–Kier alpha value is -1.22. The van der Waals surface area contributed by atoms with Crippen molar-refractivity contribution in [2.75, 3.05) is 0 Å². The van der Waals surface area contributed by atoms with E-state index in [0.29, 0.717) is 12.3 Å². The number of hydrogen-bond donors (Lipinski definition) is 1. The van der Waals surface area contributed by atoms with Crippen molar-refractivity contribution in [2.45, 2.75) is 83.3 Å². The molecule has 2 bridgehead atoms. The molecule has 1 saturated carbocycles. The van der Waals surface area contributed by atoms with Crippen LogP contribution in [0.2, 0.25) is 0 Å². The zero-order valence-electron chi connectivity index (χ0n) is 16.0. The third-order valence-electron chi connectivity index (χ3n) is 6.89. The molecule has 5 fully saturated rings. The van der Waals surface area contributed by atoms with Crippen LogP contribution in [0.4, 0.5) is 0 Å². The van der Waals surface area contributed by atoms with Gasteiger partial charge in [0, 0.05) is 18.3 Å². The van der Waals surface area contributed by atoms with Crippen LogP contribution in [0.25, 0.3) is 0 Å². The van der Waals surface area contributed by atoms with Crippen LogP contribution in [0.1, 0.15) is 59.3 Å². The highest BCUT2D eigenvalue weighted by molar-refractivity contribution is 5.76. The molecule has 4 saturated heterocycles. The Bertz CT molecular complexity index is 623. The summed E-state index contributed by atoms with van der Waals surface area (Å²) in [7, 11) is 0. The first-order valence-electron chi connectivity index (χ1n) is 9.86. The molecule has 0 aromatic carbocycles. The molecule has 5 rings (SSSR count). The summed E-state index contributed by atoms with van der Waals surface area (Å²) >= 11 is 0. The number of ether oxygens (including phenoxy) is 3. The fraction of sp³-hybridized carbons (Fsp3) is 0.895. The van der Waals surface area contributed by atoms with E-state index in [4.69, 9.17) is 29.1 Å². The molecule has 4 aliphatic heterocycles. The lowest BCUT2D eigenvalue weighted by Gasteiger charge is -2.59. The van der Waals surface area contributed by atoms with E-state index in [2.05, 4.69) is 6.92 Å². The summed E-state index contributed by atoms with van der Waals surface area (Å²) < 4.78 is 17.8. The summed E-state index contributed by atoms with van der Waals surface area (Å²) in [4.78, 5) is 34.5. The fourth-order valence-corrected chi connectivity index (χ4v) is 5.40. The monoisotopic (exact) mass is 384 g/mol. The van der Waals surface area contributed by atoms with Gasteiger partial charge in [-0.3, -0.25) is 9.59 Å². The Kier molecular flexibility index (Phi) is 4.73. The minimum absolute atomic E-state index is 0.0670. The number of carbonyl (C=O) groups is 2. The lowest BCUT2D eigenvalue weighted by atomic mass is 9.58. The van der Waals surface area contributed by atoms with Gasteiger partial charge in [-0.05, 0) is 38.0 Å². The third-order valence-corrected chi connectivity index (χ3v) is 6.89. The fourth-order valence-electron chi connectivity index (χ4n) is 5.40. The van der Waals surface area contributed by atoms with Crippen LogP contribution in [0.3, 0.4) is 0 Å². The van der Waals surface area contributed by atoms with Crippen LogP contribution in [-0.4, -0.2) is 41.0 Å². The van der Waals surface area contributed by atoms with Gasteiger partial charge in [0.15, 0.2) is 11.9 Å². The first-order chi connectivity index (χ1) is 12.7. The topological polar surface area (TPSA) is 101 Å². The summed E-state index contributed by atoms with van der Waals surface area (Å²) in [6, 6.07) is 0. The molecule has 0 aromatic rings. The van der Waals surface area contributed by atoms with E-state index >= 15 is 0 Å². The molecular formula is C19H28O8. The maximum atomic E-state index is 12.1. The Morgan fingerprint density at radius 1 is 1.11 bits per heavy atom. The second kappa shape index (κ2) is 6.69. The third kappa shape index (κ3) is 3.06. The van der Waals surface area contributed by atoms with Crippen LogP contribution < -0.4 is 0 Å². The molecule has 8 heteroatoms. The summed E-state index contributed by atoms with van der Waals surface area (Å²) in [6.07, 6.45) is 1.72. The number of carboxylic acid groups (broad SMARTS) is 1. The van der Waals surface area contributed by atoms with Crippen molar-refractivity contribution < 1.29 is 38.7 Å². The van der Waals surface area contributed by atoms with Crippen molar-refractivity contribution in [3.05, 3.63) is 0 Å². The lowest BCUT2D eigenvalue weighted by molar-refractivity contribution is -0.576. The van der Waals surface area contributed by atoms with Crippen molar-refractivity contribution >= 4 is 11.9 Å². The molecule has 8 nitrogen and oxygen atoms in total. The minimum Gasteiger partial charge on any atom is -0.481 e. The average Bonchev–Trinajstić information content (AvgIpc) is 2.84. The predicted molar refractivity (Wildman–Crippen MR) is 89.8 cm³/mol. The molecule has 8 atom stereocenters. The maximum Gasteiger partial charge on any atom is 0.308 e. The number of hydrogen-bond acceptors (Lipinski definition) is 7. The second-order valence-corrected chi connectivity index (χ2v) is 8.66. The van der Waals surface area contributed by atoms with Crippen molar-refractivity contribution in [1.82, 2.24) is 0 Å². The van der Waals surface area contributed by atoms with Gasteiger partial charge in [-0.1, -0.05) is 13.8 Å². The van der Waals surface area contributed by atoms with E-state index in [9.17, 15) is 9.59 Å². The van der Waals surface area contributed by atoms with Crippen LogP contribution in [0.15, 0.2) is 0 Å². The van der Waals surface area contributed by atoms with E-state index in [-0.39, 0.29) is 30.6 Å². The highest BCUT2D eigenvalue weighted by atomic mass is 17.3. The van der Waals surface area contributed by atoms with Gasteiger partial charge in [-0.25, -0.2) is 9.78 Å². The molecule has 152 valence electrons. The number of aliphatic carboxylic acids is 1. The lowest BCUT2D eigenvalue weighted by Crippen LogP contribution is -2.70. The summed E-state index contributed by atoms with van der Waals surface area (Å²) in [6.45, 7) is 6.06. The molecule has 0 radical (unpaired) electrons. The van der Waals surface area contributed by atoms with Gasteiger partial charge in [-0.15, -0.1) is 0 Å². The molecule has 5 aliphatic rings. The van der Waals surface area contributed by atoms with Crippen molar-refractivity contribution in [3.63, 3.8) is 0 Å². The van der Waals surface area contributed by atoms with E-state index in [1.54, 1.807) is 0 Å². The van der Waals surface area contributed by atoms with Gasteiger partial charge >= 0.3 is 11.9 Å². The average molecular weight is 384 g/mol. The molecule has 0 amide bonds. The molecule has 1 spiro atoms. The molecule has 27 heavy (non-hydrogen) atoms. The zero-order valence-corrected chi connectivity index (χ0v) is 16.0. The van der Waals surface area contributed by atoms with E-state index < -0.39 is 35.9 Å². The van der Waals surface area contributed by atoms with Crippen LogP contribution >= 0.6 is 0 Å². The smallest absolute Gasteiger partial charge is 0.308 e. The zero-order chi connectivity index (χ0) is 19.4. The molecule has 4 heterocycles. The SMILES string of the molecule is C[C@@H]1[C@@H](OC(=O)CCC(=O)O)O[C@@H]2O[C@]3(C)CC[C@@H]4[C@H](C)CC[C@@H]1[C@@]24OO3. The number of esters is 1. The van der Waals surface area contributed by atoms with Crippen LogP contribution in [0.5, 0.6) is 0 Å². The number of rotatable bonds is 4. The van der Waals surface area contributed by atoms with Crippen molar-refractivity contribution in [2.24, 2.45) is 23.7 Å². The normalized spacial score (nSPS) is 48.4. The number of carbonyl (C=O) groups excluding carboxylic acids is 1. The van der Waals surface area contributed by atoms with Gasteiger partial charge in [0.2, 0.25) is 12.1 Å². The Labute approximate surface area is 158 Å². The van der Waals surface area contributed by atoms with Gasteiger partial charge in [0.1, 0.15) is 0 Å². The summed E-state index contributed by atoms with van der Waals surface area (Å²) in [5.41, 5.74) is -0.697. The maximum absolute atomic E-state index is 12.1. The highest BCUT2D eigenvalue weighted by Gasteiger charge is 2.69.